The lowest BCUT2D eigenvalue weighted by Crippen LogP contribution is -2.21. The molecule has 0 unspecified atom stereocenters. The van der Waals surface area contributed by atoms with Gasteiger partial charge in [-0.2, -0.15) is 0 Å². The number of aliphatic hydroxyl groups is 1. The van der Waals surface area contributed by atoms with Crippen LogP contribution < -0.4 is 10.9 Å². The van der Waals surface area contributed by atoms with Crippen LogP contribution in [0.25, 0.3) is 10.8 Å². The highest BCUT2D eigenvalue weighted by atomic mass is 35.5. The summed E-state index contributed by atoms with van der Waals surface area (Å²) in [5.74, 6) is -0.650. The van der Waals surface area contributed by atoms with Gasteiger partial charge in [0.05, 0.1) is 10.7 Å². The Balaban J connectivity index is 1.90. The third-order valence-electron chi connectivity index (χ3n) is 3.53. The van der Waals surface area contributed by atoms with Crippen molar-refractivity contribution in [2.45, 2.75) is 6.10 Å². The van der Waals surface area contributed by atoms with Crippen molar-refractivity contribution >= 4 is 45.6 Å². The number of aromatic nitrogens is 1. The number of anilines is 1. The molecule has 0 bridgehead atoms. The summed E-state index contributed by atoms with van der Waals surface area (Å²) < 4.78 is 0. The van der Waals surface area contributed by atoms with Gasteiger partial charge in [-0.05, 0) is 41.3 Å². The summed E-state index contributed by atoms with van der Waals surface area (Å²) in [7, 11) is 0. The summed E-state index contributed by atoms with van der Waals surface area (Å²) in [6.45, 7) is 0. The second kappa shape index (κ2) is 6.65. The van der Waals surface area contributed by atoms with Crippen LogP contribution in [0, 0.1) is 0 Å². The van der Waals surface area contributed by atoms with E-state index in [4.69, 9.17) is 23.2 Å². The molecule has 1 atom stereocenters. The van der Waals surface area contributed by atoms with E-state index in [2.05, 4.69) is 10.3 Å². The SMILES string of the molecule is O=C(Nc1cc2cc[nH]c(=O)c2cc1Cl)[C@H](O)c1cccc(Cl)c1. The zero-order valence-electron chi connectivity index (χ0n) is 12.2. The van der Waals surface area contributed by atoms with Crippen molar-refractivity contribution in [2.75, 3.05) is 5.32 Å². The predicted octanol–water partition coefficient (Wildman–Crippen LogP) is 3.51. The van der Waals surface area contributed by atoms with E-state index in [0.29, 0.717) is 27.0 Å². The van der Waals surface area contributed by atoms with E-state index < -0.39 is 12.0 Å². The van der Waals surface area contributed by atoms with Crippen LogP contribution in [0.3, 0.4) is 0 Å². The average molecular weight is 363 g/mol. The van der Waals surface area contributed by atoms with Gasteiger partial charge in [0.25, 0.3) is 11.5 Å². The van der Waals surface area contributed by atoms with Crippen LogP contribution in [-0.2, 0) is 4.79 Å². The van der Waals surface area contributed by atoms with Gasteiger partial charge in [-0.3, -0.25) is 9.59 Å². The Hall–Kier alpha value is -2.34. The number of amides is 1. The minimum absolute atomic E-state index is 0.200. The number of aliphatic hydroxyl groups excluding tert-OH is 1. The predicted molar refractivity (Wildman–Crippen MR) is 94.6 cm³/mol. The first kappa shape index (κ1) is 16.5. The van der Waals surface area contributed by atoms with Crippen LogP contribution in [0.5, 0.6) is 0 Å². The molecule has 1 heterocycles. The second-order valence-electron chi connectivity index (χ2n) is 5.17. The number of hydrogen-bond donors (Lipinski definition) is 3. The average Bonchev–Trinajstić information content (AvgIpc) is 2.56. The smallest absolute Gasteiger partial charge is 0.257 e. The number of aromatic amines is 1. The molecule has 5 nitrogen and oxygen atoms in total. The molecule has 1 aromatic heterocycles. The summed E-state index contributed by atoms with van der Waals surface area (Å²) >= 11 is 12.0. The third-order valence-corrected chi connectivity index (χ3v) is 4.08. The van der Waals surface area contributed by atoms with Crippen molar-refractivity contribution in [1.82, 2.24) is 4.98 Å². The molecular weight excluding hydrogens is 351 g/mol. The Kier molecular flexibility index (Phi) is 4.57. The van der Waals surface area contributed by atoms with Crippen LogP contribution in [-0.4, -0.2) is 16.0 Å². The molecule has 0 saturated carbocycles. The lowest BCUT2D eigenvalue weighted by Gasteiger charge is -2.13. The van der Waals surface area contributed by atoms with Gasteiger partial charge >= 0.3 is 0 Å². The van der Waals surface area contributed by atoms with Gasteiger partial charge < -0.3 is 15.4 Å². The maximum Gasteiger partial charge on any atom is 0.257 e. The van der Waals surface area contributed by atoms with E-state index in [1.54, 1.807) is 30.3 Å². The Bertz CT molecular complexity index is 985. The molecule has 122 valence electrons. The maximum atomic E-state index is 12.2. The van der Waals surface area contributed by atoms with E-state index in [1.165, 1.54) is 18.3 Å². The zero-order chi connectivity index (χ0) is 17.3. The second-order valence-corrected chi connectivity index (χ2v) is 6.02. The van der Waals surface area contributed by atoms with Crippen molar-refractivity contribution < 1.29 is 9.90 Å². The van der Waals surface area contributed by atoms with Gasteiger partial charge in [-0.25, -0.2) is 0 Å². The first-order valence-electron chi connectivity index (χ1n) is 7.01. The number of carbonyl (C=O) groups excluding carboxylic acids is 1. The first-order valence-corrected chi connectivity index (χ1v) is 7.76. The van der Waals surface area contributed by atoms with E-state index >= 15 is 0 Å². The van der Waals surface area contributed by atoms with Crippen molar-refractivity contribution in [3.8, 4) is 0 Å². The van der Waals surface area contributed by atoms with Gasteiger partial charge in [0.1, 0.15) is 0 Å². The Morgan fingerprint density at radius 3 is 2.71 bits per heavy atom. The molecule has 0 aliphatic carbocycles. The monoisotopic (exact) mass is 362 g/mol. The minimum Gasteiger partial charge on any atom is -0.378 e. The largest absolute Gasteiger partial charge is 0.378 e. The van der Waals surface area contributed by atoms with Gasteiger partial charge in [-0.15, -0.1) is 0 Å². The van der Waals surface area contributed by atoms with Crippen molar-refractivity contribution in [3.63, 3.8) is 0 Å². The highest BCUT2D eigenvalue weighted by Gasteiger charge is 2.19. The maximum absolute atomic E-state index is 12.2. The van der Waals surface area contributed by atoms with Crippen molar-refractivity contribution in [1.29, 1.82) is 0 Å². The first-order chi connectivity index (χ1) is 11.5. The summed E-state index contributed by atoms with van der Waals surface area (Å²) in [5.41, 5.74) is 0.403. The molecule has 3 aromatic rings. The number of H-pyrrole nitrogens is 1. The highest BCUT2D eigenvalue weighted by Crippen LogP contribution is 2.28. The molecule has 0 aliphatic heterocycles. The molecule has 0 saturated heterocycles. The Morgan fingerprint density at radius 2 is 1.96 bits per heavy atom. The molecule has 3 rings (SSSR count). The van der Waals surface area contributed by atoms with Crippen LogP contribution >= 0.6 is 23.2 Å². The van der Waals surface area contributed by atoms with Gasteiger partial charge in [-0.1, -0.05) is 35.3 Å². The van der Waals surface area contributed by atoms with Crippen LogP contribution in [0.1, 0.15) is 11.7 Å². The number of pyridine rings is 1. The van der Waals surface area contributed by atoms with Crippen LogP contribution in [0.4, 0.5) is 5.69 Å². The fourth-order valence-electron chi connectivity index (χ4n) is 2.33. The van der Waals surface area contributed by atoms with Gasteiger partial charge in [0.2, 0.25) is 0 Å². The molecule has 0 fully saturated rings. The number of benzene rings is 2. The molecule has 0 spiro atoms. The molecule has 0 radical (unpaired) electrons. The normalized spacial score (nSPS) is 12.1. The van der Waals surface area contributed by atoms with Crippen LogP contribution in [0.15, 0.2) is 53.5 Å². The summed E-state index contributed by atoms with van der Waals surface area (Å²) in [5, 5.41) is 14.4. The molecule has 2 aromatic carbocycles. The highest BCUT2D eigenvalue weighted by molar-refractivity contribution is 6.34. The summed E-state index contributed by atoms with van der Waals surface area (Å²) in [4.78, 5) is 26.5. The Labute approximate surface area is 146 Å². The van der Waals surface area contributed by atoms with E-state index in [9.17, 15) is 14.7 Å². The van der Waals surface area contributed by atoms with E-state index in [0.717, 1.165) is 0 Å². The van der Waals surface area contributed by atoms with E-state index in [-0.39, 0.29) is 10.6 Å². The number of nitrogens with one attached hydrogen (secondary N) is 2. The molecule has 0 aliphatic rings. The third kappa shape index (κ3) is 3.28. The topological polar surface area (TPSA) is 82.2 Å². The quantitative estimate of drug-likeness (QED) is 0.666. The lowest BCUT2D eigenvalue weighted by atomic mass is 10.1. The van der Waals surface area contributed by atoms with E-state index in [1.807, 2.05) is 0 Å². The molecule has 1 amide bonds. The van der Waals surface area contributed by atoms with Gasteiger partial charge in [0, 0.05) is 16.6 Å². The van der Waals surface area contributed by atoms with Crippen molar-refractivity contribution in [2.24, 2.45) is 0 Å². The summed E-state index contributed by atoms with van der Waals surface area (Å²) in [6.07, 6.45) is 0.111. The standard InChI is InChI=1S/C17H12Cl2N2O3/c18-11-3-1-2-10(6-11)15(22)17(24)21-14-7-9-4-5-20-16(23)12(9)8-13(14)19/h1-8,15,22H,(H,20,23)(H,21,24)/t15-/m1/s1. The fraction of sp³-hybridized carbons (Fsp3) is 0.0588. The number of hydrogen-bond acceptors (Lipinski definition) is 3. The number of carbonyl (C=O) groups is 1. The molecule has 24 heavy (non-hydrogen) atoms. The number of rotatable bonds is 3. The molecular formula is C17H12Cl2N2O3. The number of fused-ring (bicyclic) bond motifs is 1. The minimum atomic E-state index is -1.39. The fourth-order valence-corrected chi connectivity index (χ4v) is 2.74. The van der Waals surface area contributed by atoms with Gasteiger partial charge in [0.15, 0.2) is 6.10 Å². The molecule has 7 heteroatoms. The lowest BCUT2D eigenvalue weighted by molar-refractivity contribution is -0.124. The number of halogens is 2. The van der Waals surface area contributed by atoms with Crippen molar-refractivity contribution in [3.05, 3.63) is 74.6 Å². The Morgan fingerprint density at radius 1 is 1.17 bits per heavy atom. The zero-order valence-corrected chi connectivity index (χ0v) is 13.7. The summed E-state index contributed by atoms with van der Waals surface area (Å²) in [6, 6.07) is 11.1. The molecule has 3 N–H and O–H groups in total. The van der Waals surface area contributed by atoms with Crippen LogP contribution in [0.2, 0.25) is 10.0 Å².